The van der Waals surface area contributed by atoms with Crippen LogP contribution in [0.1, 0.15) is 26.7 Å². The minimum absolute atomic E-state index is 0.111. The summed E-state index contributed by atoms with van der Waals surface area (Å²) >= 11 is 0. The van der Waals surface area contributed by atoms with Crippen LogP contribution in [0.4, 0.5) is 0 Å². The van der Waals surface area contributed by atoms with E-state index in [0.29, 0.717) is 12.1 Å². The maximum Gasteiger partial charge on any atom is 0.146 e. The van der Waals surface area contributed by atoms with Crippen molar-refractivity contribution in [3.8, 4) is 0 Å². The molecule has 4 nitrogen and oxygen atoms in total. The summed E-state index contributed by atoms with van der Waals surface area (Å²) in [5.74, 6) is 0.274. The highest BCUT2D eigenvalue weighted by Gasteiger charge is 2.44. The number of carbonyl (C=O) groups excluding carboxylic acids is 2. The molecule has 0 bridgehead atoms. The Balaban J connectivity index is 0.000000337. The smallest absolute Gasteiger partial charge is 0.146 e. The quantitative estimate of drug-likeness (QED) is 0.600. The largest absolute Gasteiger partial charge is 0.376 e. The Labute approximate surface area is 90.6 Å². The van der Waals surface area contributed by atoms with Crippen molar-refractivity contribution >= 4 is 12.1 Å². The Kier molecular flexibility index (Phi) is 4.42. The molecule has 2 saturated heterocycles. The van der Waals surface area contributed by atoms with Gasteiger partial charge in [-0.1, -0.05) is 0 Å². The van der Waals surface area contributed by atoms with Gasteiger partial charge in [-0.3, -0.25) is 9.69 Å². The van der Waals surface area contributed by atoms with Crippen molar-refractivity contribution in [1.82, 2.24) is 4.90 Å². The molecule has 0 aliphatic carbocycles. The normalized spacial score (nSPS) is 34.2. The Morgan fingerprint density at radius 3 is 2.60 bits per heavy atom. The molecule has 86 valence electrons. The number of rotatable bonds is 1. The molecular weight excluding hydrogens is 194 g/mol. The van der Waals surface area contributed by atoms with Crippen molar-refractivity contribution in [3.63, 3.8) is 0 Å². The van der Waals surface area contributed by atoms with Crippen LogP contribution in [0.25, 0.3) is 0 Å². The second kappa shape index (κ2) is 5.37. The molecule has 2 fully saturated rings. The number of Topliss-reactive ketones (excluding diaryl/α,β-unsaturated/α-hetero) is 1. The fraction of sp³-hybridized carbons (Fsp3) is 0.818. The molecule has 0 radical (unpaired) electrons. The Hall–Kier alpha value is -0.740. The summed E-state index contributed by atoms with van der Waals surface area (Å²) in [4.78, 5) is 22.2. The van der Waals surface area contributed by atoms with Gasteiger partial charge < -0.3 is 9.53 Å². The third kappa shape index (κ3) is 2.63. The molecule has 2 rings (SSSR count). The van der Waals surface area contributed by atoms with Gasteiger partial charge in [0.05, 0.1) is 12.1 Å². The van der Waals surface area contributed by atoms with Gasteiger partial charge in [0, 0.05) is 12.6 Å². The highest BCUT2D eigenvalue weighted by molar-refractivity contribution is 5.81. The zero-order chi connectivity index (χ0) is 11.4. The van der Waals surface area contributed by atoms with E-state index in [-0.39, 0.29) is 11.8 Å². The third-order valence-corrected chi connectivity index (χ3v) is 3.11. The maximum atomic E-state index is 11.2. The SMILES string of the molecule is CC(=O)C1CC2OCCC2N1C.CC=O. The molecule has 0 aromatic rings. The number of ether oxygens (including phenoxy) is 1. The molecule has 0 aromatic heterocycles. The van der Waals surface area contributed by atoms with E-state index >= 15 is 0 Å². The molecule has 3 atom stereocenters. The highest BCUT2D eigenvalue weighted by atomic mass is 16.5. The molecule has 0 spiro atoms. The van der Waals surface area contributed by atoms with Crippen molar-refractivity contribution in [2.45, 2.75) is 44.9 Å². The van der Waals surface area contributed by atoms with Gasteiger partial charge in [-0.15, -0.1) is 0 Å². The van der Waals surface area contributed by atoms with Gasteiger partial charge in [0.25, 0.3) is 0 Å². The van der Waals surface area contributed by atoms with E-state index in [1.807, 2.05) is 7.05 Å². The van der Waals surface area contributed by atoms with Crippen LogP contribution < -0.4 is 0 Å². The Bertz CT molecular complexity index is 242. The topological polar surface area (TPSA) is 46.6 Å². The fourth-order valence-electron chi connectivity index (χ4n) is 2.40. The van der Waals surface area contributed by atoms with Gasteiger partial charge in [-0.2, -0.15) is 0 Å². The molecule has 2 aliphatic rings. The van der Waals surface area contributed by atoms with Gasteiger partial charge in [0.1, 0.15) is 12.1 Å². The minimum atomic E-state index is 0.111. The second-order valence-corrected chi connectivity index (χ2v) is 4.03. The van der Waals surface area contributed by atoms with Gasteiger partial charge >= 0.3 is 0 Å². The van der Waals surface area contributed by atoms with Crippen LogP contribution in [0.15, 0.2) is 0 Å². The average molecular weight is 213 g/mol. The molecule has 0 amide bonds. The van der Waals surface area contributed by atoms with E-state index in [9.17, 15) is 4.79 Å². The van der Waals surface area contributed by atoms with Crippen LogP contribution in [-0.2, 0) is 14.3 Å². The molecular formula is C11H19NO3. The number of nitrogens with zero attached hydrogens (tertiary/aromatic N) is 1. The van der Waals surface area contributed by atoms with Gasteiger partial charge in [0.2, 0.25) is 0 Å². The fourth-order valence-corrected chi connectivity index (χ4v) is 2.40. The zero-order valence-electron chi connectivity index (χ0n) is 9.60. The van der Waals surface area contributed by atoms with Crippen LogP contribution in [0.2, 0.25) is 0 Å². The van der Waals surface area contributed by atoms with Crippen molar-refractivity contribution in [2.24, 2.45) is 0 Å². The summed E-state index contributed by atoms with van der Waals surface area (Å²) in [6.45, 7) is 3.98. The number of likely N-dealkylation sites (tertiary alicyclic amines) is 1. The molecule has 3 unspecified atom stereocenters. The molecule has 2 aliphatic heterocycles. The monoisotopic (exact) mass is 213 g/mol. The first-order valence-electron chi connectivity index (χ1n) is 5.35. The van der Waals surface area contributed by atoms with Crippen molar-refractivity contribution < 1.29 is 14.3 Å². The number of ketones is 1. The van der Waals surface area contributed by atoms with Gasteiger partial charge in [0.15, 0.2) is 0 Å². The maximum absolute atomic E-state index is 11.2. The minimum Gasteiger partial charge on any atom is -0.376 e. The molecule has 0 N–H and O–H groups in total. The van der Waals surface area contributed by atoms with E-state index in [2.05, 4.69) is 4.90 Å². The molecule has 4 heteroatoms. The second-order valence-electron chi connectivity index (χ2n) is 4.03. The summed E-state index contributed by atoms with van der Waals surface area (Å²) in [7, 11) is 2.03. The lowest BCUT2D eigenvalue weighted by Gasteiger charge is -2.21. The standard InChI is InChI=1S/C9H15NO2.C2H4O/c1-6(11)8-5-9-7(10(8)2)3-4-12-9;1-2-3/h7-9H,3-5H2,1-2H3;2H,1H3. The van der Waals surface area contributed by atoms with E-state index in [4.69, 9.17) is 9.53 Å². The lowest BCUT2D eigenvalue weighted by Crippen LogP contribution is -2.36. The number of aldehydes is 1. The summed E-state index contributed by atoms with van der Waals surface area (Å²) in [5.41, 5.74) is 0. The van der Waals surface area contributed by atoms with Crippen molar-refractivity contribution in [1.29, 1.82) is 0 Å². The average Bonchev–Trinajstić information content (AvgIpc) is 2.70. The van der Waals surface area contributed by atoms with Crippen molar-refractivity contribution in [3.05, 3.63) is 0 Å². The van der Waals surface area contributed by atoms with Crippen LogP contribution in [0, 0.1) is 0 Å². The van der Waals surface area contributed by atoms with Gasteiger partial charge in [-0.25, -0.2) is 0 Å². The van der Waals surface area contributed by atoms with Crippen LogP contribution >= 0.6 is 0 Å². The Morgan fingerprint density at radius 1 is 1.53 bits per heavy atom. The van der Waals surface area contributed by atoms with Crippen LogP contribution in [-0.4, -0.2) is 48.8 Å². The van der Waals surface area contributed by atoms with E-state index in [0.717, 1.165) is 25.7 Å². The summed E-state index contributed by atoms with van der Waals surface area (Å²) in [5, 5.41) is 0. The summed E-state index contributed by atoms with van der Waals surface area (Å²) in [6, 6.07) is 0.610. The van der Waals surface area contributed by atoms with Crippen molar-refractivity contribution in [2.75, 3.05) is 13.7 Å². The van der Waals surface area contributed by atoms with E-state index in [1.165, 1.54) is 6.92 Å². The number of fused-ring (bicyclic) bond motifs is 1. The first-order valence-corrected chi connectivity index (χ1v) is 5.35. The lowest BCUT2D eigenvalue weighted by atomic mass is 10.1. The number of carbonyl (C=O) groups is 2. The van der Waals surface area contributed by atoms with Gasteiger partial charge in [-0.05, 0) is 33.7 Å². The summed E-state index contributed by atoms with van der Waals surface area (Å²) in [6.07, 6.45) is 3.06. The molecule has 15 heavy (non-hydrogen) atoms. The first-order chi connectivity index (χ1) is 7.11. The molecule has 0 saturated carbocycles. The number of likely N-dealkylation sites (N-methyl/N-ethyl adjacent to an activating group) is 1. The predicted molar refractivity (Wildman–Crippen MR) is 56.7 cm³/mol. The predicted octanol–water partition coefficient (Wildman–Crippen LogP) is 0.642. The number of hydrogen-bond donors (Lipinski definition) is 0. The highest BCUT2D eigenvalue weighted by Crippen LogP contribution is 2.32. The number of hydrogen-bond acceptors (Lipinski definition) is 4. The van der Waals surface area contributed by atoms with E-state index < -0.39 is 0 Å². The molecule has 2 heterocycles. The zero-order valence-corrected chi connectivity index (χ0v) is 9.60. The third-order valence-electron chi connectivity index (χ3n) is 3.11. The summed E-state index contributed by atoms with van der Waals surface area (Å²) < 4.78 is 5.53. The lowest BCUT2D eigenvalue weighted by molar-refractivity contribution is -0.121. The Morgan fingerprint density at radius 2 is 2.13 bits per heavy atom. The van der Waals surface area contributed by atoms with Crippen LogP contribution in [0.5, 0.6) is 0 Å². The first kappa shape index (κ1) is 12.3. The molecule has 0 aromatic carbocycles. The van der Waals surface area contributed by atoms with Crippen LogP contribution in [0.3, 0.4) is 0 Å². The van der Waals surface area contributed by atoms with E-state index in [1.54, 1.807) is 6.92 Å².